The van der Waals surface area contributed by atoms with Gasteiger partial charge in [0.1, 0.15) is 0 Å². The van der Waals surface area contributed by atoms with Gasteiger partial charge in [0.05, 0.1) is 19.3 Å². The van der Waals surface area contributed by atoms with E-state index in [0.29, 0.717) is 19.3 Å². The molecule has 0 aliphatic heterocycles. The molecule has 5 nitrogen and oxygen atoms in total. The number of aliphatic imine (C=N–C) groups is 1. The number of hydrogen-bond donors (Lipinski definition) is 2. The zero-order chi connectivity index (χ0) is 16.8. The lowest BCUT2D eigenvalue weighted by molar-refractivity contribution is 0.287. The number of rotatable bonds is 7. The maximum Gasteiger partial charge on any atom is 0.191 e. The second-order valence-corrected chi connectivity index (χ2v) is 5.97. The van der Waals surface area contributed by atoms with Crippen LogP contribution in [0.1, 0.15) is 45.7 Å². The predicted octanol–water partition coefficient (Wildman–Crippen LogP) is 3.74. The van der Waals surface area contributed by atoms with Crippen molar-refractivity contribution >= 4 is 29.9 Å². The Kier molecular flexibility index (Phi) is 8.66. The summed E-state index contributed by atoms with van der Waals surface area (Å²) >= 11 is 0. The molecule has 24 heavy (non-hydrogen) atoms. The van der Waals surface area contributed by atoms with Gasteiger partial charge >= 0.3 is 0 Å². The van der Waals surface area contributed by atoms with Gasteiger partial charge in [-0.15, -0.1) is 24.0 Å². The molecule has 1 aliphatic carbocycles. The molecular formula is C18H30IN3O2. The number of nitrogens with one attached hydrogen (secondary N) is 2. The molecule has 1 aromatic rings. The summed E-state index contributed by atoms with van der Waals surface area (Å²) in [5.74, 6) is 3.16. The second-order valence-electron chi connectivity index (χ2n) is 5.97. The fourth-order valence-electron chi connectivity index (χ4n) is 2.49. The van der Waals surface area contributed by atoms with Crippen molar-refractivity contribution in [3.63, 3.8) is 0 Å². The highest BCUT2D eigenvalue weighted by Crippen LogP contribution is 2.31. The van der Waals surface area contributed by atoms with Crippen LogP contribution in [0.4, 0.5) is 0 Å². The molecule has 1 saturated carbocycles. The minimum atomic E-state index is 0. The molecule has 3 unspecified atom stereocenters. The standard InChI is InChI=1S/C18H29N3O2.HI/c1-6-22-16-9-8-14(11-17(16)23-7-2)13(4)20-18(19-5)21-15-10-12(15)3;/h8-9,11-13,15H,6-7,10H2,1-5H3,(H2,19,20,21);1H. The first kappa shape index (κ1) is 20.9. The Morgan fingerprint density at radius 3 is 2.42 bits per heavy atom. The van der Waals surface area contributed by atoms with Crippen LogP contribution in [-0.2, 0) is 0 Å². The van der Waals surface area contributed by atoms with Crippen LogP contribution in [-0.4, -0.2) is 32.3 Å². The van der Waals surface area contributed by atoms with Crippen molar-refractivity contribution in [2.45, 2.75) is 46.2 Å². The first-order valence-electron chi connectivity index (χ1n) is 8.48. The molecule has 0 radical (unpaired) electrons. The van der Waals surface area contributed by atoms with E-state index in [1.165, 1.54) is 6.42 Å². The third kappa shape index (κ3) is 5.72. The quantitative estimate of drug-likeness (QED) is 0.380. The summed E-state index contributed by atoms with van der Waals surface area (Å²) in [7, 11) is 1.80. The van der Waals surface area contributed by atoms with E-state index in [4.69, 9.17) is 9.47 Å². The first-order chi connectivity index (χ1) is 11.1. The smallest absolute Gasteiger partial charge is 0.191 e. The Labute approximate surface area is 162 Å². The molecule has 2 rings (SSSR count). The van der Waals surface area contributed by atoms with Crippen molar-refractivity contribution in [1.29, 1.82) is 0 Å². The van der Waals surface area contributed by atoms with Gasteiger partial charge in [0.2, 0.25) is 0 Å². The summed E-state index contributed by atoms with van der Waals surface area (Å²) in [6, 6.07) is 6.76. The Bertz CT molecular complexity index is 551. The van der Waals surface area contributed by atoms with Gasteiger partial charge in [-0.05, 0) is 50.8 Å². The van der Waals surface area contributed by atoms with E-state index >= 15 is 0 Å². The molecule has 6 heteroatoms. The second kappa shape index (κ2) is 9.96. The molecule has 136 valence electrons. The van der Waals surface area contributed by atoms with Crippen LogP contribution in [0.3, 0.4) is 0 Å². The maximum absolute atomic E-state index is 5.70. The van der Waals surface area contributed by atoms with Crippen LogP contribution in [0.5, 0.6) is 11.5 Å². The zero-order valence-corrected chi connectivity index (χ0v) is 17.6. The lowest BCUT2D eigenvalue weighted by Crippen LogP contribution is -2.40. The Hall–Kier alpha value is -1.18. The molecule has 2 N–H and O–H groups in total. The molecule has 0 aromatic heterocycles. The lowest BCUT2D eigenvalue weighted by Gasteiger charge is -2.20. The van der Waals surface area contributed by atoms with Crippen LogP contribution < -0.4 is 20.1 Å². The van der Waals surface area contributed by atoms with Gasteiger partial charge in [0.15, 0.2) is 17.5 Å². The van der Waals surface area contributed by atoms with Crippen LogP contribution in [0, 0.1) is 5.92 Å². The van der Waals surface area contributed by atoms with E-state index in [2.05, 4.69) is 35.5 Å². The summed E-state index contributed by atoms with van der Waals surface area (Å²) < 4.78 is 11.3. The van der Waals surface area contributed by atoms with E-state index < -0.39 is 0 Å². The fourth-order valence-corrected chi connectivity index (χ4v) is 2.49. The van der Waals surface area contributed by atoms with Crippen molar-refractivity contribution < 1.29 is 9.47 Å². The fraction of sp³-hybridized carbons (Fsp3) is 0.611. The number of guanidine groups is 1. The van der Waals surface area contributed by atoms with Gasteiger partial charge in [0, 0.05) is 13.1 Å². The van der Waals surface area contributed by atoms with E-state index in [9.17, 15) is 0 Å². The zero-order valence-electron chi connectivity index (χ0n) is 15.3. The van der Waals surface area contributed by atoms with Crippen LogP contribution in [0.15, 0.2) is 23.2 Å². The predicted molar refractivity (Wildman–Crippen MR) is 110 cm³/mol. The maximum atomic E-state index is 5.70. The summed E-state index contributed by atoms with van der Waals surface area (Å²) in [6.45, 7) is 9.57. The van der Waals surface area contributed by atoms with Crippen molar-refractivity contribution in [3.05, 3.63) is 23.8 Å². The summed E-state index contributed by atoms with van der Waals surface area (Å²) in [6.07, 6.45) is 1.21. The summed E-state index contributed by atoms with van der Waals surface area (Å²) in [4.78, 5) is 4.31. The van der Waals surface area contributed by atoms with Gasteiger partial charge in [0.25, 0.3) is 0 Å². The molecule has 0 spiro atoms. The number of nitrogens with zero attached hydrogens (tertiary/aromatic N) is 1. The van der Waals surface area contributed by atoms with Gasteiger partial charge in [-0.3, -0.25) is 4.99 Å². The number of benzene rings is 1. The molecule has 1 aliphatic rings. The van der Waals surface area contributed by atoms with Crippen LogP contribution in [0.2, 0.25) is 0 Å². The Morgan fingerprint density at radius 1 is 1.25 bits per heavy atom. The average molecular weight is 447 g/mol. The van der Waals surface area contributed by atoms with Crippen molar-refractivity contribution in [2.24, 2.45) is 10.9 Å². The lowest BCUT2D eigenvalue weighted by atomic mass is 10.1. The highest BCUT2D eigenvalue weighted by molar-refractivity contribution is 14.0. The monoisotopic (exact) mass is 447 g/mol. The highest BCUT2D eigenvalue weighted by atomic mass is 127. The van der Waals surface area contributed by atoms with E-state index in [-0.39, 0.29) is 30.0 Å². The average Bonchev–Trinajstić information content (AvgIpc) is 3.23. The molecule has 0 bridgehead atoms. The minimum Gasteiger partial charge on any atom is -0.490 e. The molecular weight excluding hydrogens is 417 g/mol. The molecule has 0 heterocycles. The first-order valence-corrected chi connectivity index (χ1v) is 8.48. The van der Waals surface area contributed by atoms with E-state index in [1.807, 2.05) is 26.0 Å². The summed E-state index contributed by atoms with van der Waals surface area (Å²) in [5, 5.41) is 6.88. The summed E-state index contributed by atoms with van der Waals surface area (Å²) in [5.41, 5.74) is 1.14. The largest absolute Gasteiger partial charge is 0.490 e. The minimum absolute atomic E-state index is 0. The van der Waals surface area contributed by atoms with Gasteiger partial charge in [-0.25, -0.2) is 0 Å². The normalized spacial score (nSPS) is 20.6. The van der Waals surface area contributed by atoms with Crippen molar-refractivity contribution in [3.8, 4) is 11.5 Å². The number of ether oxygens (including phenoxy) is 2. The molecule has 3 atom stereocenters. The molecule has 1 aromatic carbocycles. The Balaban J connectivity index is 0.00000288. The number of halogens is 1. The molecule has 0 saturated heterocycles. The van der Waals surface area contributed by atoms with Crippen molar-refractivity contribution in [1.82, 2.24) is 10.6 Å². The topological polar surface area (TPSA) is 54.9 Å². The van der Waals surface area contributed by atoms with Gasteiger partial charge in [-0.1, -0.05) is 13.0 Å². The highest BCUT2D eigenvalue weighted by Gasteiger charge is 2.33. The van der Waals surface area contributed by atoms with Crippen LogP contribution >= 0.6 is 24.0 Å². The van der Waals surface area contributed by atoms with Gasteiger partial charge in [-0.2, -0.15) is 0 Å². The van der Waals surface area contributed by atoms with E-state index in [0.717, 1.165) is 28.9 Å². The van der Waals surface area contributed by atoms with Gasteiger partial charge < -0.3 is 20.1 Å². The van der Waals surface area contributed by atoms with Crippen molar-refractivity contribution in [2.75, 3.05) is 20.3 Å². The third-order valence-corrected chi connectivity index (χ3v) is 4.08. The van der Waals surface area contributed by atoms with E-state index in [1.54, 1.807) is 7.05 Å². The third-order valence-electron chi connectivity index (χ3n) is 4.08. The SMILES string of the molecule is CCOc1ccc(C(C)NC(=NC)NC2CC2C)cc1OCC.I. The Morgan fingerprint density at radius 2 is 1.88 bits per heavy atom. The molecule has 0 amide bonds. The molecule has 1 fully saturated rings. The number of hydrogen-bond acceptors (Lipinski definition) is 3. The van der Waals surface area contributed by atoms with Crippen LogP contribution in [0.25, 0.3) is 0 Å².